The second-order valence-corrected chi connectivity index (χ2v) is 12.4. The third-order valence-electron chi connectivity index (χ3n) is 6.70. The molecule has 1 amide bonds. The summed E-state index contributed by atoms with van der Waals surface area (Å²) in [6, 6.07) is 14.1. The summed E-state index contributed by atoms with van der Waals surface area (Å²) in [5.41, 5.74) is 2.86. The molecule has 4 aromatic rings. The second-order valence-electron chi connectivity index (χ2n) is 11.5. The van der Waals surface area contributed by atoms with E-state index in [0.717, 1.165) is 52.7 Å². The first-order chi connectivity index (χ1) is 20.1. The van der Waals surface area contributed by atoms with E-state index in [2.05, 4.69) is 25.6 Å². The second kappa shape index (κ2) is 12.7. The Morgan fingerprint density at radius 2 is 1.76 bits per heavy atom. The van der Waals surface area contributed by atoms with Crippen LogP contribution in [0.1, 0.15) is 46.5 Å². The van der Waals surface area contributed by atoms with Crippen LogP contribution in [0.3, 0.4) is 0 Å². The minimum Gasteiger partial charge on any atom is -0.444 e. The molecule has 42 heavy (non-hydrogen) atoms. The Hall–Kier alpha value is -4.25. The Morgan fingerprint density at radius 3 is 2.50 bits per heavy atom. The van der Waals surface area contributed by atoms with E-state index in [1.807, 2.05) is 82.2 Å². The maximum atomic E-state index is 12.1. The van der Waals surface area contributed by atoms with E-state index >= 15 is 0 Å². The summed E-state index contributed by atoms with van der Waals surface area (Å²) in [4.78, 5) is 33.2. The molecule has 0 atom stereocenters. The Kier molecular flexibility index (Phi) is 8.86. The largest absolute Gasteiger partial charge is 0.444 e. The topological polar surface area (TPSA) is 114 Å². The number of aromatic nitrogens is 3. The molecule has 2 aromatic heterocycles. The van der Waals surface area contributed by atoms with Gasteiger partial charge in [-0.2, -0.15) is 0 Å². The van der Waals surface area contributed by atoms with Gasteiger partial charge in [0.1, 0.15) is 16.2 Å². The molecule has 1 saturated carbocycles. The molecule has 0 unspecified atom stereocenters. The van der Waals surface area contributed by atoms with E-state index < -0.39 is 5.60 Å². The van der Waals surface area contributed by atoms with Crippen LogP contribution in [0.15, 0.2) is 59.2 Å². The third kappa shape index (κ3) is 7.52. The number of alkyl carbamates (subject to hydrolysis) is 1. The predicted octanol–water partition coefficient (Wildman–Crippen LogP) is 7.01. The number of nitrogens with zero attached hydrogens (tertiary/aromatic N) is 5. The fourth-order valence-corrected chi connectivity index (χ4v) is 5.49. The van der Waals surface area contributed by atoms with Crippen LogP contribution in [0.2, 0.25) is 0 Å². The number of hydrogen-bond donors (Lipinski definition) is 2. The van der Waals surface area contributed by atoms with Crippen LogP contribution < -0.4 is 15.4 Å². The van der Waals surface area contributed by atoms with Crippen molar-refractivity contribution in [3.8, 4) is 22.2 Å². The SMILES string of the molecule is CN(C)C=Nc1ccc(Oc2ncsc2-c2ccnc(NC3CCC(NC(=O)OC(C)(C)C)CC3)n2)c2ccccc12. The number of carbonyl (C=O) groups excluding carboxylic acids is 1. The molecule has 0 bridgehead atoms. The number of ether oxygens (including phenoxy) is 2. The highest BCUT2D eigenvalue weighted by atomic mass is 32.1. The van der Waals surface area contributed by atoms with Crippen molar-refractivity contribution in [3.63, 3.8) is 0 Å². The van der Waals surface area contributed by atoms with E-state index in [0.29, 0.717) is 17.6 Å². The van der Waals surface area contributed by atoms with E-state index in [1.165, 1.54) is 11.3 Å². The highest BCUT2D eigenvalue weighted by molar-refractivity contribution is 7.13. The van der Waals surface area contributed by atoms with Crippen LogP contribution in [0.4, 0.5) is 16.4 Å². The Bertz CT molecular complexity index is 1560. The van der Waals surface area contributed by atoms with Crippen LogP contribution in [-0.2, 0) is 4.74 Å². The molecule has 0 aliphatic heterocycles. The van der Waals surface area contributed by atoms with Crippen LogP contribution in [-0.4, -0.2) is 64.1 Å². The van der Waals surface area contributed by atoms with Gasteiger partial charge in [0.05, 0.1) is 23.2 Å². The normalized spacial score (nSPS) is 17.3. The van der Waals surface area contributed by atoms with Crippen LogP contribution in [0, 0.1) is 0 Å². The quantitative estimate of drug-likeness (QED) is 0.167. The number of benzene rings is 2. The number of nitrogens with one attached hydrogen (secondary N) is 2. The molecule has 1 aliphatic rings. The summed E-state index contributed by atoms with van der Waals surface area (Å²) in [5.74, 6) is 1.75. The lowest BCUT2D eigenvalue weighted by atomic mass is 9.91. The smallest absolute Gasteiger partial charge is 0.407 e. The molecular weight excluding hydrogens is 550 g/mol. The molecule has 1 aliphatic carbocycles. The average molecular weight is 588 g/mol. The van der Waals surface area contributed by atoms with Gasteiger partial charge in [-0.05, 0) is 64.7 Å². The van der Waals surface area contributed by atoms with Crippen LogP contribution >= 0.6 is 11.3 Å². The molecule has 10 nitrogen and oxygen atoms in total. The van der Waals surface area contributed by atoms with E-state index in [4.69, 9.17) is 14.5 Å². The number of anilines is 1. The minimum absolute atomic E-state index is 0.104. The van der Waals surface area contributed by atoms with Crippen molar-refractivity contribution in [1.82, 2.24) is 25.2 Å². The zero-order chi connectivity index (χ0) is 29.7. The van der Waals surface area contributed by atoms with Crippen molar-refractivity contribution in [2.45, 2.75) is 64.1 Å². The highest BCUT2D eigenvalue weighted by Gasteiger charge is 2.25. The lowest BCUT2D eigenvalue weighted by Crippen LogP contribution is -2.42. The fraction of sp³-hybridized carbons (Fsp3) is 0.387. The number of thiazole rings is 1. The van der Waals surface area contributed by atoms with Gasteiger partial charge in [-0.3, -0.25) is 0 Å². The van der Waals surface area contributed by atoms with Crippen molar-refractivity contribution in [2.24, 2.45) is 4.99 Å². The number of aliphatic imine (C=N–C) groups is 1. The summed E-state index contributed by atoms with van der Waals surface area (Å²) in [5, 5.41) is 8.41. The molecule has 0 spiro atoms. The van der Waals surface area contributed by atoms with Gasteiger partial charge in [-0.15, -0.1) is 11.3 Å². The van der Waals surface area contributed by atoms with Gasteiger partial charge in [0.15, 0.2) is 0 Å². The van der Waals surface area contributed by atoms with Crippen molar-refractivity contribution >= 4 is 46.2 Å². The van der Waals surface area contributed by atoms with Gasteiger partial charge < -0.3 is 25.0 Å². The molecule has 220 valence electrons. The van der Waals surface area contributed by atoms with Gasteiger partial charge >= 0.3 is 6.09 Å². The van der Waals surface area contributed by atoms with Gasteiger partial charge in [-0.1, -0.05) is 24.3 Å². The van der Waals surface area contributed by atoms with Gasteiger partial charge in [0, 0.05) is 43.1 Å². The van der Waals surface area contributed by atoms with Crippen molar-refractivity contribution in [3.05, 3.63) is 54.2 Å². The molecule has 0 radical (unpaired) electrons. The monoisotopic (exact) mass is 587 g/mol. The number of carbonyl (C=O) groups is 1. The van der Waals surface area contributed by atoms with E-state index in [1.54, 1.807) is 18.0 Å². The Morgan fingerprint density at radius 1 is 1.02 bits per heavy atom. The molecule has 5 rings (SSSR count). The summed E-state index contributed by atoms with van der Waals surface area (Å²) >= 11 is 1.47. The van der Waals surface area contributed by atoms with Gasteiger partial charge in [0.25, 0.3) is 0 Å². The van der Waals surface area contributed by atoms with E-state index in [9.17, 15) is 4.79 Å². The standard InChI is InChI=1S/C31H37N7O3S/c1-31(2,3)41-30(39)36-21-12-10-20(11-13-21)35-29-32-17-16-25(37-29)27-28(34-19-42-27)40-26-15-14-24(33-18-38(4)5)22-8-6-7-9-23(22)26/h6-9,14-21H,10-13H2,1-5H3,(H,36,39)(H,32,35,37). The number of hydrogen-bond acceptors (Lipinski definition) is 9. The molecule has 2 heterocycles. The van der Waals surface area contributed by atoms with Gasteiger partial charge in [0.2, 0.25) is 11.8 Å². The van der Waals surface area contributed by atoms with Crippen LogP contribution in [0.25, 0.3) is 21.3 Å². The molecule has 2 N–H and O–H groups in total. The molecule has 11 heteroatoms. The predicted molar refractivity (Wildman–Crippen MR) is 168 cm³/mol. The summed E-state index contributed by atoms with van der Waals surface area (Å²) < 4.78 is 11.8. The lowest BCUT2D eigenvalue weighted by molar-refractivity contribution is 0.0492. The molecule has 2 aromatic carbocycles. The first kappa shape index (κ1) is 29.2. The first-order valence-electron chi connectivity index (χ1n) is 14.1. The lowest BCUT2D eigenvalue weighted by Gasteiger charge is -2.30. The first-order valence-corrected chi connectivity index (χ1v) is 15.0. The third-order valence-corrected chi connectivity index (χ3v) is 7.53. The van der Waals surface area contributed by atoms with Gasteiger partial charge in [-0.25, -0.2) is 24.7 Å². The summed E-state index contributed by atoms with van der Waals surface area (Å²) in [6.45, 7) is 5.60. The molecule has 0 saturated heterocycles. The molecule has 1 fully saturated rings. The summed E-state index contributed by atoms with van der Waals surface area (Å²) in [7, 11) is 3.88. The highest BCUT2D eigenvalue weighted by Crippen LogP contribution is 2.39. The Labute approximate surface area is 250 Å². The average Bonchev–Trinajstić information content (AvgIpc) is 3.41. The zero-order valence-corrected chi connectivity index (χ0v) is 25.4. The fourth-order valence-electron chi connectivity index (χ4n) is 4.81. The van der Waals surface area contributed by atoms with Crippen molar-refractivity contribution < 1.29 is 14.3 Å². The number of amides is 1. The van der Waals surface area contributed by atoms with Crippen molar-refractivity contribution in [1.29, 1.82) is 0 Å². The maximum absolute atomic E-state index is 12.1. The van der Waals surface area contributed by atoms with E-state index in [-0.39, 0.29) is 18.2 Å². The Balaban J connectivity index is 1.26. The minimum atomic E-state index is -0.506. The zero-order valence-electron chi connectivity index (χ0n) is 24.6. The van der Waals surface area contributed by atoms with Crippen LogP contribution in [0.5, 0.6) is 11.6 Å². The maximum Gasteiger partial charge on any atom is 0.407 e. The number of rotatable bonds is 8. The number of fused-ring (bicyclic) bond motifs is 1. The molecular formula is C31H37N7O3S. The van der Waals surface area contributed by atoms with Crippen molar-refractivity contribution in [2.75, 3.05) is 19.4 Å². The summed E-state index contributed by atoms with van der Waals surface area (Å²) in [6.07, 6.45) is 6.67.